The molecule has 2 aromatic carbocycles. The van der Waals surface area contributed by atoms with Crippen molar-refractivity contribution in [3.63, 3.8) is 0 Å². The molecule has 2 aromatic rings. The van der Waals surface area contributed by atoms with Crippen molar-refractivity contribution in [1.29, 1.82) is 0 Å². The van der Waals surface area contributed by atoms with Gasteiger partial charge in [0.05, 0.1) is 54.7 Å². The zero-order valence-electron chi connectivity index (χ0n) is 35.8. The van der Waals surface area contributed by atoms with Gasteiger partial charge in [-0.15, -0.1) is 5.53 Å². The van der Waals surface area contributed by atoms with Gasteiger partial charge in [0, 0.05) is 40.4 Å². The second-order valence-electron chi connectivity index (χ2n) is 17.8. The number of hydrazine groups is 3. The SMILES string of the molecule is COC(=O)C[C@H](C(=O)NN(Cc1c(F)cc(C2=CN(C34CC(C3)C4)NN2)cc1F)C[C@H](O)[C@@H](CC(=O)[C@@H](NC(=O)OC)C(C)(C)C(F)(F)F)Cc1ccc(I)cc1)C(C)(C)C(F)(F)F. The Morgan fingerprint density at radius 3 is 2.00 bits per heavy atom. The average Bonchev–Trinajstić information content (AvgIpc) is 3.64. The van der Waals surface area contributed by atoms with Crippen LogP contribution in [0.3, 0.4) is 0 Å². The third kappa shape index (κ3) is 11.0. The van der Waals surface area contributed by atoms with Crippen LogP contribution >= 0.6 is 22.6 Å². The molecule has 354 valence electrons. The highest BCUT2D eigenvalue weighted by Crippen LogP contribution is 2.60. The largest absolute Gasteiger partial charge is 0.469 e. The molecule has 1 heterocycles. The number of hydrogen-bond acceptors (Lipinski definition) is 11. The Kier molecular flexibility index (Phi) is 15.3. The summed E-state index contributed by atoms with van der Waals surface area (Å²) in [5.41, 5.74) is 2.35. The number of alkyl carbamates (subject to hydrolysis) is 1. The Morgan fingerprint density at radius 2 is 1.50 bits per heavy atom. The summed E-state index contributed by atoms with van der Waals surface area (Å²) >= 11 is 2.01. The lowest BCUT2D eigenvalue weighted by Crippen LogP contribution is -2.69. The molecule has 2 amide bonds. The summed E-state index contributed by atoms with van der Waals surface area (Å²) in [7, 11) is 1.77. The van der Waals surface area contributed by atoms with Crippen LogP contribution in [0.1, 0.15) is 76.5 Å². The van der Waals surface area contributed by atoms with Gasteiger partial charge in [-0.25, -0.2) is 18.6 Å². The molecule has 0 unspecified atom stereocenters. The number of carbonyl (C=O) groups excluding carboxylic acids is 4. The Hall–Kier alpha value is -4.29. The van der Waals surface area contributed by atoms with Gasteiger partial charge in [-0.2, -0.15) is 26.3 Å². The second kappa shape index (κ2) is 19.3. The third-order valence-corrected chi connectivity index (χ3v) is 13.4. The molecule has 0 aromatic heterocycles. The Morgan fingerprint density at radius 1 is 0.922 bits per heavy atom. The maximum absolute atomic E-state index is 16.1. The number of Topliss-reactive ketones (excluding diaryl/α,β-unsaturated/α-hetero) is 1. The smallest absolute Gasteiger partial charge is 0.407 e. The first-order chi connectivity index (χ1) is 29.6. The standard InChI is InChI=1S/C42H51F8IN6O7/c1-38(2,41(45,46)47)28(15-34(60)63-5)36(61)54-56(19-27-29(43)12-24(13-30(27)44)31-20-57(55-53-31)40-16-23(17-40)18-40)21-33(59)25(11-22-7-9-26(51)10-8-22)14-32(58)35(52-37(62)64-6)39(3,4)42(48,49)50/h7-10,12-13,20,23,25,28,33,35,53,55,59H,11,14-19,21H2,1-6H3,(H,52,62)(H,54,61)/t23?,25-,28-,33+,35-,40?/m1/s1. The van der Waals surface area contributed by atoms with E-state index in [-0.39, 0.29) is 17.5 Å². The average molecular weight is 1030 g/mol. The predicted octanol–water partition coefficient (Wildman–Crippen LogP) is 6.84. The molecule has 22 heteroatoms. The molecule has 1 aliphatic heterocycles. The van der Waals surface area contributed by atoms with E-state index in [1.807, 2.05) is 32.9 Å². The molecule has 6 rings (SSSR count). The Balaban J connectivity index is 1.52. The molecule has 5 N–H and O–H groups in total. The Labute approximate surface area is 378 Å². The number of alkyl halides is 6. The van der Waals surface area contributed by atoms with Crippen LogP contribution in [0.15, 0.2) is 42.6 Å². The van der Waals surface area contributed by atoms with Gasteiger partial charge >= 0.3 is 24.4 Å². The number of methoxy groups -OCH3 is 2. The van der Waals surface area contributed by atoms with Crippen LogP contribution < -0.4 is 21.7 Å². The van der Waals surface area contributed by atoms with Crippen LogP contribution in [0.4, 0.5) is 39.9 Å². The number of amides is 2. The fourth-order valence-electron chi connectivity index (χ4n) is 8.07. The normalized spacial score (nSPS) is 20.5. The number of ether oxygens (including phenoxy) is 2. The molecule has 3 saturated carbocycles. The topological polar surface area (TPSA) is 162 Å². The van der Waals surface area contributed by atoms with E-state index >= 15 is 8.78 Å². The van der Waals surface area contributed by atoms with Gasteiger partial charge < -0.3 is 25.3 Å². The molecular weight excluding hydrogens is 979 g/mol. The minimum Gasteiger partial charge on any atom is -0.469 e. The number of ketones is 1. The van der Waals surface area contributed by atoms with E-state index in [1.54, 1.807) is 30.5 Å². The van der Waals surface area contributed by atoms with Crippen molar-refractivity contribution in [2.24, 2.45) is 28.6 Å². The van der Waals surface area contributed by atoms with Crippen LogP contribution in [-0.4, -0.2) is 89.7 Å². The summed E-state index contributed by atoms with van der Waals surface area (Å²) in [5.74, 6) is -9.10. The van der Waals surface area contributed by atoms with E-state index in [9.17, 15) is 50.6 Å². The quantitative estimate of drug-likeness (QED) is 0.0434. The van der Waals surface area contributed by atoms with Gasteiger partial charge in [0.15, 0.2) is 5.78 Å². The zero-order chi connectivity index (χ0) is 47.7. The number of aliphatic hydroxyl groups excluding tert-OH is 1. The lowest BCUT2D eigenvalue weighted by Gasteiger charge is -2.64. The zero-order valence-corrected chi connectivity index (χ0v) is 37.9. The minimum absolute atomic E-state index is 0.0778. The fraction of sp³-hybridized carbons (Fsp3) is 0.571. The number of nitrogens with one attached hydrogen (secondary N) is 4. The number of aliphatic hydroxyl groups is 1. The number of benzene rings is 2. The summed E-state index contributed by atoms with van der Waals surface area (Å²) in [6, 6.07) is 6.28. The first-order valence-corrected chi connectivity index (χ1v) is 21.3. The fourth-order valence-corrected chi connectivity index (χ4v) is 8.43. The number of carbonyl (C=O) groups is 4. The Bertz CT molecular complexity index is 2060. The number of halogens is 9. The maximum atomic E-state index is 16.1. The molecule has 3 aliphatic carbocycles. The van der Waals surface area contributed by atoms with Crippen molar-refractivity contribution in [2.75, 3.05) is 20.8 Å². The van der Waals surface area contributed by atoms with Gasteiger partial charge in [0.2, 0.25) is 5.91 Å². The maximum Gasteiger partial charge on any atom is 0.407 e. The van der Waals surface area contributed by atoms with E-state index in [0.29, 0.717) is 49.9 Å². The van der Waals surface area contributed by atoms with Gasteiger partial charge in [0.1, 0.15) is 17.7 Å². The number of esters is 1. The van der Waals surface area contributed by atoms with Crippen LogP contribution in [-0.2, 0) is 36.8 Å². The number of nitrogens with zero attached hydrogens (tertiary/aromatic N) is 2. The summed E-state index contributed by atoms with van der Waals surface area (Å²) < 4.78 is 128. The lowest BCUT2D eigenvalue weighted by atomic mass is 9.49. The summed E-state index contributed by atoms with van der Waals surface area (Å²) in [6.07, 6.45) is -11.0. The van der Waals surface area contributed by atoms with E-state index in [4.69, 9.17) is 0 Å². The highest BCUT2D eigenvalue weighted by molar-refractivity contribution is 14.1. The van der Waals surface area contributed by atoms with Crippen molar-refractivity contribution in [3.05, 3.63) is 74.5 Å². The summed E-state index contributed by atoms with van der Waals surface area (Å²) in [6.45, 7) is 0.859. The van der Waals surface area contributed by atoms with E-state index in [0.717, 1.165) is 49.2 Å². The molecule has 4 aliphatic rings. The van der Waals surface area contributed by atoms with Crippen molar-refractivity contribution in [2.45, 2.75) is 103 Å². The highest BCUT2D eigenvalue weighted by atomic mass is 127. The molecule has 13 nitrogen and oxygen atoms in total. The predicted molar refractivity (Wildman–Crippen MR) is 222 cm³/mol. The van der Waals surface area contributed by atoms with Crippen molar-refractivity contribution in [3.8, 4) is 0 Å². The van der Waals surface area contributed by atoms with Crippen LogP contribution in [0.2, 0.25) is 0 Å². The molecule has 0 radical (unpaired) electrons. The lowest BCUT2D eigenvalue weighted by molar-refractivity contribution is -0.231. The third-order valence-electron chi connectivity index (χ3n) is 12.7. The molecular formula is C42H51F8IN6O7. The first kappa shape index (κ1) is 50.7. The molecule has 0 saturated heterocycles. The summed E-state index contributed by atoms with van der Waals surface area (Å²) in [5, 5.41) is 16.4. The molecule has 2 bridgehead atoms. The second-order valence-corrected chi connectivity index (χ2v) is 19.0. The van der Waals surface area contributed by atoms with Crippen molar-refractivity contribution >= 4 is 52.0 Å². The van der Waals surface area contributed by atoms with Crippen molar-refractivity contribution < 1.29 is 68.9 Å². The van der Waals surface area contributed by atoms with E-state index in [2.05, 4.69) is 25.9 Å². The van der Waals surface area contributed by atoms with Crippen LogP contribution in [0.25, 0.3) is 5.70 Å². The minimum atomic E-state index is -5.08. The van der Waals surface area contributed by atoms with E-state index in [1.165, 1.54) is 0 Å². The molecule has 3 fully saturated rings. The van der Waals surface area contributed by atoms with Gasteiger partial charge in [-0.05, 0) is 104 Å². The van der Waals surface area contributed by atoms with Gasteiger partial charge in [-0.3, -0.25) is 24.8 Å². The van der Waals surface area contributed by atoms with Crippen LogP contribution in [0, 0.1) is 43.8 Å². The number of rotatable bonds is 19. The molecule has 0 spiro atoms. The first-order valence-electron chi connectivity index (χ1n) is 20.2. The highest BCUT2D eigenvalue weighted by Gasteiger charge is 2.61. The van der Waals surface area contributed by atoms with E-state index < -0.39 is 114 Å². The summed E-state index contributed by atoms with van der Waals surface area (Å²) in [4.78, 5) is 52.5. The van der Waals surface area contributed by atoms with Crippen LogP contribution in [0.5, 0.6) is 0 Å². The number of hydrogen-bond donors (Lipinski definition) is 5. The van der Waals surface area contributed by atoms with Crippen molar-refractivity contribution in [1.82, 2.24) is 31.7 Å². The van der Waals surface area contributed by atoms with Gasteiger partial charge in [-0.1, -0.05) is 26.0 Å². The molecule has 64 heavy (non-hydrogen) atoms. The molecule has 4 atom stereocenters. The monoisotopic (exact) mass is 1030 g/mol. The van der Waals surface area contributed by atoms with Gasteiger partial charge in [0.25, 0.3) is 0 Å².